The molecule has 8 N–H and O–H groups in total. The van der Waals surface area contributed by atoms with Crippen LogP contribution in [0.3, 0.4) is 0 Å². The number of rotatable bonds is 14. The van der Waals surface area contributed by atoms with Gasteiger partial charge in [0.05, 0.1) is 12.7 Å². The predicted octanol–water partition coefficient (Wildman–Crippen LogP) is -1.78. The first-order valence-electron chi connectivity index (χ1n) is 10.3. The van der Waals surface area contributed by atoms with Gasteiger partial charge in [0.25, 0.3) is 0 Å². The Labute approximate surface area is 196 Å². The maximum Gasteiger partial charge on any atom is 0.326 e. The van der Waals surface area contributed by atoms with Gasteiger partial charge in [-0.15, -0.1) is 0 Å². The van der Waals surface area contributed by atoms with E-state index in [-0.39, 0.29) is 12.8 Å². The number of amides is 3. The number of carbonyl (C=O) groups is 4. The highest BCUT2D eigenvalue weighted by Gasteiger charge is 2.30. The van der Waals surface area contributed by atoms with Crippen molar-refractivity contribution in [2.75, 3.05) is 18.6 Å². The van der Waals surface area contributed by atoms with E-state index in [4.69, 9.17) is 5.73 Å². The third-order valence-electron chi connectivity index (χ3n) is 4.78. The Morgan fingerprint density at radius 1 is 0.970 bits per heavy atom. The Kier molecular flexibility index (Phi) is 12.4. The second kappa shape index (κ2) is 14.5. The SMILES string of the molecule is CSCCC(NC(=O)C(N)C(C)O)C(=O)NC(CO)C(=O)NC(Cc1ccccc1)C(=O)O. The number of thioether (sulfide) groups is 1. The zero-order chi connectivity index (χ0) is 25.0. The van der Waals surface area contributed by atoms with Gasteiger partial charge in [0.2, 0.25) is 17.7 Å². The zero-order valence-corrected chi connectivity index (χ0v) is 19.4. The minimum atomic E-state index is -1.44. The number of hydrogen-bond donors (Lipinski definition) is 7. The number of nitrogens with one attached hydrogen (secondary N) is 3. The predicted molar refractivity (Wildman–Crippen MR) is 123 cm³/mol. The smallest absolute Gasteiger partial charge is 0.326 e. The average Bonchev–Trinajstić information content (AvgIpc) is 2.79. The molecule has 184 valence electrons. The number of hydrogen-bond acceptors (Lipinski definition) is 8. The van der Waals surface area contributed by atoms with E-state index >= 15 is 0 Å². The van der Waals surface area contributed by atoms with Crippen molar-refractivity contribution >= 4 is 35.5 Å². The number of carboxylic acids is 1. The normalized spacial score (nSPS) is 15.4. The Hall–Kier alpha value is -2.67. The highest BCUT2D eigenvalue weighted by atomic mass is 32.2. The van der Waals surface area contributed by atoms with Gasteiger partial charge in [0, 0.05) is 6.42 Å². The Bertz CT molecular complexity index is 794. The summed E-state index contributed by atoms with van der Waals surface area (Å²) in [4.78, 5) is 49.1. The van der Waals surface area contributed by atoms with E-state index in [0.717, 1.165) is 0 Å². The number of carboxylic acid groups (broad SMARTS) is 1. The van der Waals surface area contributed by atoms with Crippen LogP contribution in [-0.4, -0.2) is 87.9 Å². The number of benzene rings is 1. The monoisotopic (exact) mass is 484 g/mol. The summed E-state index contributed by atoms with van der Waals surface area (Å²) in [6.45, 7) is 0.549. The van der Waals surface area contributed by atoms with Gasteiger partial charge in [0.1, 0.15) is 24.2 Å². The van der Waals surface area contributed by atoms with Crippen LogP contribution in [0, 0.1) is 0 Å². The Morgan fingerprint density at radius 3 is 2.03 bits per heavy atom. The van der Waals surface area contributed by atoms with E-state index in [1.165, 1.54) is 18.7 Å². The Balaban J connectivity index is 2.85. The van der Waals surface area contributed by atoms with Crippen LogP contribution in [0.1, 0.15) is 18.9 Å². The van der Waals surface area contributed by atoms with E-state index < -0.39 is 60.6 Å². The van der Waals surface area contributed by atoms with E-state index in [0.29, 0.717) is 11.3 Å². The highest BCUT2D eigenvalue weighted by Crippen LogP contribution is 2.05. The van der Waals surface area contributed by atoms with E-state index in [1.54, 1.807) is 36.6 Å². The van der Waals surface area contributed by atoms with Gasteiger partial charge >= 0.3 is 5.97 Å². The first kappa shape index (κ1) is 28.4. The molecule has 0 radical (unpaired) electrons. The van der Waals surface area contributed by atoms with Crippen molar-refractivity contribution in [1.29, 1.82) is 0 Å². The molecule has 0 spiro atoms. The van der Waals surface area contributed by atoms with Gasteiger partial charge < -0.3 is 37.0 Å². The summed E-state index contributed by atoms with van der Waals surface area (Å²) >= 11 is 1.43. The number of aliphatic hydroxyl groups excluding tert-OH is 2. The number of aliphatic carboxylic acids is 1. The molecular formula is C21H32N4O7S. The molecule has 0 aliphatic rings. The first-order chi connectivity index (χ1) is 15.6. The van der Waals surface area contributed by atoms with Crippen LogP contribution < -0.4 is 21.7 Å². The molecule has 0 saturated heterocycles. The molecule has 0 bridgehead atoms. The summed E-state index contributed by atoms with van der Waals surface area (Å²) in [6.07, 6.45) is 0.887. The molecule has 0 saturated carbocycles. The maximum absolute atomic E-state index is 12.7. The molecule has 33 heavy (non-hydrogen) atoms. The lowest BCUT2D eigenvalue weighted by atomic mass is 10.1. The van der Waals surface area contributed by atoms with Crippen molar-refractivity contribution in [1.82, 2.24) is 16.0 Å². The van der Waals surface area contributed by atoms with E-state index in [2.05, 4.69) is 16.0 Å². The van der Waals surface area contributed by atoms with E-state index in [1.807, 2.05) is 0 Å². The van der Waals surface area contributed by atoms with Crippen LogP contribution in [-0.2, 0) is 25.6 Å². The van der Waals surface area contributed by atoms with Gasteiger partial charge in [-0.05, 0) is 30.9 Å². The lowest BCUT2D eigenvalue weighted by Gasteiger charge is -2.24. The molecule has 0 aromatic heterocycles. The topological polar surface area (TPSA) is 191 Å². The summed E-state index contributed by atoms with van der Waals surface area (Å²) in [7, 11) is 0. The van der Waals surface area contributed by atoms with Crippen molar-refractivity contribution < 1.29 is 34.5 Å². The summed E-state index contributed by atoms with van der Waals surface area (Å²) in [5, 5.41) is 35.7. The molecule has 1 rings (SSSR count). The molecule has 1 aromatic carbocycles. The van der Waals surface area contributed by atoms with Gasteiger partial charge in [0.15, 0.2) is 0 Å². The molecule has 0 aliphatic carbocycles. The molecule has 12 heteroatoms. The summed E-state index contributed by atoms with van der Waals surface area (Å²) in [6, 6.07) is 3.64. The van der Waals surface area contributed by atoms with Gasteiger partial charge in [-0.25, -0.2) is 4.79 Å². The van der Waals surface area contributed by atoms with E-state index in [9.17, 15) is 34.5 Å². The van der Waals surface area contributed by atoms with Crippen LogP contribution in [0.5, 0.6) is 0 Å². The van der Waals surface area contributed by atoms with Crippen molar-refractivity contribution in [2.24, 2.45) is 5.73 Å². The fourth-order valence-electron chi connectivity index (χ4n) is 2.78. The fraction of sp³-hybridized carbons (Fsp3) is 0.524. The highest BCUT2D eigenvalue weighted by molar-refractivity contribution is 7.98. The lowest BCUT2D eigenvalue weighted by molar-refractivity contribution is -0.142. The second-order valence-electron chi connectivity index (χ2n) is 7.44. The third-order valence-corrected chi connectivity index (χ3v) is 5.42. The molecule has 1 aromatic rings. The van der Waals surface area contributed by atoms with Crippen LogP contribution >= 0.6 is 11.8 Å². The van der Waals surface area contributed by atoms with Crippen molar-refractivity contribution in [3.63, 3.8) is 0 Å². The zero-order valence-electron chi connectivity index (χ0n) is 18.6. The standard InChI is InChI=1S/C21H32N4O7S/c1-12(27)17(22)20(30)23-14(8-9-33-2)18(28)25-16(11-26)19(29)24-15(21(31)32)10-13-6-4-3-5-7-13/h3-7,12,14-17,26-27H,8-11,22H2,1-2H3,(H,23,30)(H,24,29)(H,25,28)(H,31,32). The number of carbonyl (C=O) groups excluding carboxylic acids is 3. The fourth-order valence-corrected chi connectivity index (χ4v) is 3.25. The lowest BCUT2D eigenvalue weighted by Crippen LogP contribution is -2.59. The molecular weight excluding hydrogens is 452 g/mol. The minimum absolute atomic E-state index is 0.0116. The summed E-state index contributed by atoms with van der Waals surface area (Å²) < 4.78 is 0. The maximum atomic E-state index is 12.7. The quantitative estimate of drug-likeness (QED) is 0.160. The van der Waals surface area contributed by atoms with Crippen molar-refractivity contribution in [3.8, 4) is 0 Å². The molecule has 5 unspecified atom stereocenters. The third kappa shape index (κ3) is 9.78. The molecule has 5 atom stereocenters. The van der Waals surface area contributed by atoms with Crippen molar-refractivity contribution in [3.05, 3.63) is 35.9 Å². The Morgan fingerprint density at radius 2 is 1.52 bits per heavy atom. The summed E-state index contributed by atoms with van der Waals surface area (Å²) in [5.74, 6) is -3.15. The van der Waals surface area contributed by atoms with Gasteiger partial charge in [-0.2, -0.15) is 11.8 Å². The summed E-state index contributed by atoms with van der Waals surface area (Å²) in [5.41, 5.74) is 6.28. The van der Waals surface area contributed by atoms with Gasteiger partial charge in [-0.3, -0.25) is 14.4 Å². The molecule has 3 amide bonds. The largest absolute Gasteiger partial charge is 0.480 e. The molecule has 0 heterocycles. The molecule has 0 aliphatic heterocycles. The van der Waals surface area contributed by atoms with Crippen molar-refractivity contribution in [2.45, 2.75) is 50.0 Å². The van der Waals surface area contributed by atoms with Crippen LogP contribution in [0.2, 0.25) is 0 Å². The number of aliphatic hydroxyl groups is 2. The van der Waals surface area contributed by atoms with Crippen LogP contribution in [0.4, 0.5) is 0 Å². The average molecular weight is 485 g/mol. The second-order valence-corrected chi connectivity index (χ2v) is 8.43. The first-order valence-corrected chi connectivity index (χ1v) is 11.7. The molecule has 11 nitrogen and oxygen atoms in total. The van der Waals surface area contributed by atoms with Gasteiger partial charge in [-0.1, -0.05) is 30.3 Å². The number of nitrogens with two attached hydrogens (primary N) is 1. The van der Waals surface area contributed by atoms with Crippen LogP contribution in [0.25, 0.3) is 0 Å². The van der Waals surface area contributed by atoms with Crippen LogP contribution in [0.15, 0.2) is 30.3 Å². The minimum Gasteiger partial charge on any atom is -0.480 e. The molecule has 0 fully saturated rings.